The first-order valence-electron chi connectivity index (χ1n) is 5.85. The van der Waals surface area contributed by atoms with Crippen LogP contribution in [0.5, 0.6) is 0 Å². The average Bonchev–Trinajstić information content (AvgIpc) is 2.67. The first-order chi connectivity index (χ1) is 8.97. The minimum absolute atomic E-state index is 0.470. The first kappa shape index (κ1) is 14.7. The molecular formula is C15H17NO3. The highest BCUT2D eigenvalue weighted by Gasteiger charge is 2.27. The summed E-state index contributed by atoms with van der Waals surface area (Å²) in [6.45, 7) is 11.1. The number of alkyl carbamates (subject to hydrolysis) is 1. The van der Waals surface area contributed by atoms with Crippen LogP contribution in [0, 0.1) is 6.92 Å². The summed E-state index contributed by atoms with van der Waals surface area (Å²) in [5.74, 6) is -0.505. The predicted molar refractivity (Wildman–Crippen MR) is 75.4 cm³/mol. The molecule has 19 heavy (non-hydrogen) atoms. The number of aryl methyl sites for hydroxylation is 1. The molecule has 1 atom stereocenters. The van der Waals surface area contributed by atoms with E-state index in [2.05, 4.69) is 48.3 Å². The molecule has 0 radical (unpaired) electrons. The van der Waals surface area contributed by atoms with Gasteiger partial charge < -0.3 is 10.1 Å². The summed E-state index contributed by atoms with van der Waals surface area (Å²) in [6, 6.07) is 5.76. The van der Waals surface area contributed by atoms with Crippen LogP contribution in [0.15, 0.2) is 31.4 Å². The Morgan fingerprint density at radius 2 is 1.84 bits per heavy atom. The van der Waals surface area contributed by atoms with Crippen LogP contribution in [0.3, 0.4) is 0 Å². The summed E-state index contributed by atoms with van der Waals surface area (Å²) < 4.78 is 4.08. The molecule has 1 N–H and O–H groups in total. The third-order valence-electron chi connectivity index (χ3n) is 2.56. The number of cyclic esters (lactones) is 2. The van der Waals surface area contributed by atoms with Crippen molar-refractivity contribution in [2.45, 2.75) is 19.9 Å². The summed E-state index contributed by atoms with van der Waals surface area (Å²) in [4.78, 5) is 20.4. The smallest absolute Gasteiger partial charge is 0.375 e. The Hall–Kier alpha value is -2.36. The second-order valence-corrected chi connectivity index (χ2v) is 4.12. The van der Waals surface area contributed by atoms with Gasteiger partial charge in [0, 0.05) is 0 Å². The van der Waals surface area contributed by atoms with Gasteiger partial charge in [-0.3, -0.25) is 0 Å². The van der Waals surface area contributed by atoms with Gasteiger partial charge in [0.05, 0.1) is 0 Å². The second kappa shape index (κ2) is 6.54. The maximum Gasteiger partial charge on any atom is 0.415 e. The zero-order chi connectivity index (χ0) is 14.4. The number of hydrogen-bond acceptors (Lipinski definition) is 3. The Balaban J connectivity index is 0.000000200. The Kier molecular flexibility index (Phi) is 5.06. The molecule has 1 heterocycles. The van der Waals surface area contributed by atoms with Gasteiger partial charge in [0.25, 0.3) is 0 Å². The van der Waals surface area contributed by atoms with Crippen LogP contribution < -0.4 is 5.32 Å². The summed E-state index contributed by atoms with van der Waals surface area (Å²) in [6.07, 6.45) is 3.04. The van der Waals surface area contributed by atoms with Crippen LogP contribution in [-0.2, 0) is 9.53 Å². The quantitative estimate of drug-likeness (QED) is 0.656. The molecule has 100 valence electrons. The van der Waals surface area contributed by atoms with E-state index < -0.39 is 18.1 Å². The van der Waals surface area contributed by atoms with Crippen LogP contribution in [0.4, 0.5) is 4.79 Å². The number of esters is 1. The Morgan fingerprint density at radius 3 is 2.21 bits per heavy atom. The molecule has 0 spiro atoms. The predicted octanol–water partition coefficient (Wildman–Crippen LogP) is 2.92. The lowest BCUT2D eigenvalue weighted by Crippen LogP contribution is -2.24. The number of carbonyl (C=O) groups excluding carboxylic acids is 2. The van der Waals surface area contributed by atoms with Crippen LogP contribution >= 0.6 is 0 Å². The van der Waals surface area contributed by atoms with Gasteiger partial charge in [-0.1, -0.05) is 49.1 Å². The lowest BCUT2D eigenvalue weighted by Gasteiger charge is -2.00. The highest BCUT2D eigenvalue weighted by Crippen LogP contribution is 2.13. The molecule has 1 aliphatic heterocycles. The number of benzene rings is 1. The molecule has 4 heteroatoms. The third kappa shape index (κ3) is 4.10. The van der Waals surface area contributed by atoms with Crippen LogP contribution in [0.1, 0.15) is 23.6 Å². The molecule has 0 bridgehead atoms. The topological polar surface area (TPSA) is 55.4 Å². The molecule has 1 saturated heterocycles. The van der Waals surface area contributed by atoms with E-state index >= 15 is 0 Å². The zero-order valence-corrected chi connectivity index (χ0v) is 11.1. The van der Waals surface area contributed by atoms with Crippen LogP contribution in [0.25, 0.3) is 12.2 Å². The van der Waals surface area contributed by atoms with Crippen molar-refractivity contribution < 1.29 is 14.3 Å². The van der Waals surface area contributed by atoms with E-state index in [1.807, 2.05) is 12.2 Å². The van der Waals surface area contributed by atoms with E-state index in [0.29, 0.717) is 0 Å². The maximum atomic E-state index is 10.3. The number of ether oxygens (including phenoxy) is 1. The number of nitrogens with one attached hydrogen (secondary N) is 1. The van der Waals surface area contributed by atoms with Crippen LogP contribution in [-0.4, -0.2) is 18.1 Å². The van der Waals surface area contributed by atoms with Gasteiger partial charge in [-0.15, -0.1) is 0 Å². The van der Waals surface area contributed by atoms with Crippen molar-refractivity contribution >= 4 is 24.2 Å². The molecule has 1 aromatic rings. The van der Waals surface area contributed by atoms with Crippen molar-refractivity contribution in [2.24, 2.45) is 0 Å². The number of amides is 1. The monoisotopic (exact) mass is 259 g/mol. The van der Waals surface area contributed by atoms with Crippen molar-refractivity contribution in [3.8, 4) is 0 Å². The van der Waals surface area contributed by atoms with Gasteiger partial charge in [-0.2, -0.15) is 0 Å². The van der Waals surface area contributed by atoms with Gasteiger partial charge in [0.15, 0.2) is 0 Å². The Morgan fingerprint density at radius 1 is 1.21 bits per heavy atom. The molecule has 0 aliphatic carbocycles. The van der Waals surface area contributed by atoms with Gasteiger partial charge in [0.1, 0.15) is 6.04 Å². The maximum absolute atomic E-state index is 10.3. The fourth-order valence-corrected chi connectivity index (χ4v) is 1.50. The van der Waals surface area contributed by atoms with E-state index in [9.17, 15) is 9.59 Å². The van der Waals surface area contributed by atoms with Crippen molar-refractivity contribution in [3.63, 3.8) is 0 Å². The molecule has 1 amide bonds. The normalized spacial score (nSPS) is 16.8. The van der Waals surface area contributed by atoms with Gasteiger partial charge in [-0.25, -0.2) is 9.59 Å². The Labute approximate surface area is 112 Å². The van der Waals surface area contributed by atoms with Crippen LogP contribution in [0.2, 0.25) is 0 Å². The third-order valence-corrected chi connectivity index (χ3v) is 2.56. The summed E-state index contributed by atoms with van der Waals surface area (Å²) >= 11 is 0. The summed E-state index contributed by atoms with van der Waals surface area (Å²) in [5, 5.41) is 2.26. The van der Waals surface area contributed by atoms with Gasteiger partial charge >= 0.3 is 12.1 Å². The average molecular weight is 259 g/mol. The number of rotatable bonds is 2. The SMILES string of the molecule is C=Cc1ccc(C)cc1C=C.CC1NC(=O)OC1=O. The summed E-state index contributed by atoms with van der Waals surface area (Å²) in [7, 11) is 0. The fraction of sp³-hybridized carbons (Fsp3) is 0.200. The van der Waals surface area contributed by atoms with E-state index in [-0.39, 0.29) is 0 Å². The molecule has 1 aromatic carbocycles. The zero-order valence-electron chi connectivity index (χ0n) is 11.1. The minimum atomic E-state index is -0.650. The largest absolute Gasteiger partial charge is 0.415 e. The van der Waals surface area contributed by atoms with Gasteiger partial charge in [0.2, 0.25) is 0 Å². The minimum Gasteiger partial charge on any atom is -0.375 e. The van der Waals surface area contributed by atoms with Gasteiger partial charge in [-0.05, 0) is 25.0 Å². The molecular weight excluding hydrogens is 242 g/mol. The molecule has 1 unspecified atom stereocenters. The number of hydrogen-bond donors (Lipinski definition) is 1. The van der Waals surface area contributed by atoms with Crippen molar-refractivity contribution in [1.82, 2.24) is 5.32 Å². The highest BCUT2D eigenvalue weighted by atomic mass is 16.6. The lowest BCUT2D eigenvalue weighted by molar-refractivity contribution is -0.134. The molecule has 1 aliphatic rings. The molecule has 2 rings (SSSR count). The van der Waals surface area contributed by atoms with E-state index in [0.717, 1.165) is 11.1 Å². The van der Waals surface area contributed by atoms with E-state index in [1.165, 1.54) is 5.56 Å². The standard InChI is InChI=1S/C11H12.C4H5NO3/c1-4-10-7-6-9(3)8-11(10)5-2;1-2-3(6)8-4(7)5-2/h4-8H,1-2H2,3H3;2H,1H3,(H,5,7). The fourth-order valence-electron chi connectivity index (χ4n) is 1.50. The molecule has 0 aromatic heterocycles. The highest BCUT2D eigenvalue weighted by molar-refractivity contribution is 5.95. The lowest BCUT2D eigenvalue weighted by atomic mass is 10.0. The molecule has 4 nitrogen and oxygen atoms in total. The Bertz CT molecular complexity index is 520. The van der Waals surface area contributed by atoms with E-state index in [4.69, 9.17) is 0 Å². The van der Waals surface area contributed by atoms with Crippen molar-refractivity contribution in [1.29, 1.82) is 0 Å². The first-order valence-corrected chi connectivity index (χ1v) is 5.85. The molecule has 1 fully saturated rings. The van der Waals surface area contributed by atoms with Crippen molar-refractivity contribution in [3.05, 3.63) is 48.0 Å². The second-order valence-electron chi connectivity index (χ2n) is 4.12. The number of carbonyl (C=O) groups is 2. The summed E-state index contributed by atoms with van der Waals surface area (Å²) in [5.41, 5.74) is 3.55. The molecule has 0 saturated carbocycles. The van der Waals surface area contributed by atoms with E-state index in [1.54, 1.807) is 6.92 Å². The van der Waals surface area contributed by atoms with Crippen molar-refractivity contribution in [2.75, 3.05) is 0 Å².